The van der Waals surface area contributed by atoms with Crippen LogP contribution in [0.3, 0.4) is 0 Å². The summed E-state index contributed by atoms with van der Waals surface area (Å²) in [7, 11) is 7.74. The maximum Gasteiger partial charge on any atom is 0.228 e. The molecule has 0 unspecified atom stereocenters. The smallest absolute Gasteiger partial charge is 0.228 e. The predicted octanol–water partition coefficient (Wildman–Crippen LogP) is -2.25. The van der Waals surface area contributed by atoms with Crippen LogP contribution in [-0.4, -0.2) is 67.7 Å². The molecule has 0 bridgehead atoms. The van der Waals surface area contributed by atoms with Crippen LogP contribution in [0.4, 0.5) is 5.95 Å². The number of pyridine rings is 1. The van der Waals surface area contributed by atoms with Crippen LogP contribution in [0.2, 0.25) is 10.4 Å². The van der Waals surface area contributed by atoms with E-state index in [1.165, 1.54) is 0 Å². The summed E-state index contributed by atoms with van der Waals surface area (Å²) in [6.07, 6.45) is 4.81. The van der Waals surface area contributed by atoms with Gasteiger partial charge >= 0.3 is 0 Å². The van der Waals surface area contributed by atoms with Crippen molar-refractivity contribution in [2.45, 2.75) is 10.4 Å². The molecule has 3 rings (SSSR count). The minimum Gasteiger partial charge on any atom is -0.307 e. The average Bonchev–Trinajstić information content (AvgIpc) is 3.11. The van der Waals surface area contributed by atoms with Crippen LogP contribution < -0.4 is 5.32 Å². The quantitative estimate of drug-likeness (QED) is 0.384. The van der Waals surface area contributed by atoms with Gasteiger partial charge in [-0.2, -0.15) is 10.2 Å². The van der Waals surface area contributed by atoms with Crippen molar-refractivity contribution >= 4 is 54.8 Å². The van der Waals surface area contributed by atoms with Gasteiger partial charge in [-0.15, -0.1) is 10.2 Å². The normalized spacial score (nSPS) is 11.9. The van der Waals surface area contributed by atoms with E-state index < -0.39 is 10.4 Å². The van der Waals surface area contributed by atoms with Gasteiger partial charge in [0.15, 0.2) is 5.82 Å². The molecule has 3 heterocycles. The highest BCUT2D eigenvalue weighted by Gasteiger charge is 2.44. The Bertz CT molecular complexity index is 950. The molecular formula is C14H16B4ClN7O. The van der Waals surface area contributed by atoms with E-state index in [4.69, 9.17) is 11.6 Å². The first-order valence-electron chi connectivity index (χ1n) is 8.35. The SMILES string of the molecule is BC(B)(C(=O)Nc1nnc(-c2ccnnc2)[nH]1)C(B)(B)c1ccc(Cl)nc1. The number of nitrogens with one attached hydrogen (secondary N) is 2. The standard InChI is InChI=1S/C14H16B4ClN7O/c15-13(16,8-1-2-9(19)20-6-8)14(17,18)11(27)24-12-23-10(25-26-12)7-3-4-21-22-5-7/h1-6H,15-18H2,(H2,23,24,25,26,27). The van der Waals surface area contributed by atoms with Crippen LogP contribution in [0.15, 0.2) is 36.8 Å². The van der Waals surface area contributed by atoms with Crippen LogP contribution in [0, 0.1) is 0 Å². The fraction of sp³-hybridized carbons (Fsp3) is 0.143. The first-order chi connectivity index (χ1) is 12.7. The molecule has 0 atom stereocenters. The molecule has 0 fully saturated rings. The van der Waals surface area contributed by atoms with E-state index in [2.05, 4.69) is 35.7 Å². The summed E-state index contributed by atoms with van der Waals surface area (Å²) in [4.78, 5) is 20.1. The van der Waals surface area contributed by atoms with Crippen molar-refractivity contribution in [3.05, 3.63) is 47.5 Å². The summed E-state index contributed by atoms with van der Waals surface area (Å²) in [5.41, 5.74) is 1.64. The number of rotatable bonds is 5. The average molecular weight is 377 g/mol. The van der Waals surface area contributed by atoms with Crippen molar-refractivity contribution in [2.75, 3.05) is 5.32 Å². The second kappa shape index (κ2) is 7.19. The maximum atomic E-state index is 13.0. The number of nitrogens with zero attached hydrogens (tertiary/aromatic N) is 5. The molecule has 0 aliphatic heterocycles. The van der Waals surface area contributed by atoms with Crippen LogP contribution in [-0.2, 0) is 10.0 Å². The molecule has 0 aliphatic carbocycles. The molecule has 27 heavy (non-hydrogen) atoms. The van der Waals surface area contributed by atoms with Gasteiger partial charge < -0.3 is 4.98 Å². The summed E-state index contributed by atoms with van der Waals surface area (Å²) >= 11 is 5.88. The number of carbonyl (C=O) groups excluding carboxylic acids is 1. The van der Waals surface area contributed by atoms with Crippen molar-refractivity contribution in [3.8, 4) is 11.4 Å². The first kappa shape index (κ1) is 19.2. The molecule has 0 radical (unpaired) electrons. The second-order valence-electron chi connectivity index (χ2n) is 7.23. The van der Waals surface area contributed by atoms with E-state index in [0.29, 0.717) is 11.0 Å². The molecule has 1 amide bonds. The molecule has 3 aromatic heterocycles. The maximum absolute atomic E-state index is 13.0. The second-order valence-corrected chi connectivity index (χ2v) is 7.61. The highest BCUT2D eigenvalue weighted by molar-refractivity contribution is 6.62. The number of aromatic nitrogens is 6. The molecule has 2 N–H and O–H groups in total. The fourth-order valence-corrected chi connectivity index (χ4v) is 2.64. The van der Waals surface area contributed by atoms with E-state index >= 15 is 0 Å². The number of anilines is 1. The third kappa shape index (κ3) is 3.75. The third-order valence-corrected chi connectivity index (χ3v) is 5.38. The van der Waals surface area contributed by atoms with Gasteiger partial charge in [0.2, 0.25) is 11.9 Å². The number of hydrogen-bond acceptors (Lipinski definition) is 6. The van der Waals surface area contributed by atoms with E-state index in [0.717, 1.165) is 11.1 Å². The van der Waals surface area contributed by atoms with Gasteiger partial charge in [-0.3, -0.25) is 10.1 Å². The molecule has 0 saturated heterocycles. The largest absolute Gasteiger partial charge is 0.307 e. The Kier molecular flexibility index (Phi) is 5.10. The van der Waals surface area contributed by atoms with Crippen molar-refractivity contribution in [3.63, 3.8) is 0 Å². The molecule has 0 saturated carbocycles. The van der Waals surface area contributed by atoms with E-state index in [1.54, 1.807) is 30.7 Å². The molecule has 8 nitrogen and oxygen atoms in total. The Balaban J connectivity index is 1.80. The lowest BCUT2D eigenvalue weighted by Crippen LogP contribution is -2.50. The van der Waals surface area contributed by atoms with Crippen LogP contribution in [0.25, 0.3) is 11.4 Å². The summed E-state index contributed by atoms with van der Waals surface area (Å²) in [5, 5.41) is 17.5. The first-order valence-corrected chi connectivity index (χ1v) is 8.73. The number of hydrogen-bond donors (Lipinski definition) is 2. The van der Waals surface area contributed by atoms with E-state index in [9.17, 15) is 4.79 Å². The minimum atomic E-state index is -0.770. The van der Waals surface area contributed by atoms with Crippen LogP contribution in [0.1, 0.15) is 5.56 Å². The molecule has 3 aromatic rings. The molecule has 0 aliphatic rings. The molecule has 13 heteroatoms. The zero-order valence-corrected chi connectivity index (χ0v) is 16.2. The van der Waals surface area contributed by atoms with Gasteiger partial charge in [-0.1, -0.05) is 22.9 Å². The molecular weight excluding hydrogens is 361 g/mol. The van der Waals surface area contributed by atoms with Gasteiger partial charge in [-0.25, -0.2) is 4.98 Å². The van der Waals surface area contributed by atoms with Crippen molar-refractivity contribution in [2.24, 2.45) is 0 Å². The fourth-order valence-electron chi connectivity index (χ4n) is 2.53. The number of H-pyrrole nitrogens is 1. The predicted molar refractivity (Wildman–Crippen MR) is 114 cm³/mol. The Morgan fingerprint density at radius 3 is 2.48 bits per heavy atom. The van der Waals surface area contributed by atoms with Crippen LogP contribution >= 0.6 is 11.6 Å². The van der Waals surface area contributed by atoms with Crippen molar-refractivity contribution in [1.82, 2.24) is 30.4 Å². The van der Waals surface area contributed by atoms with Crippen LogP contribution in [0.5, 0.6) is 0 Å². The summed E-state index contributed by atoms with van der Waals surface area (Å²) in [6, 6.07) is 5.35. The third-order valence-electron chi connectivity index (χ3n) is 5.16. The van der Waals surface area contributed by atoms with Gasteiger partial charge in [0, 0.05) is 11.8 Å². The topological polar surface area (TPSA) is 109 Å². The molecule has 132 valence electrons. The Morgan fingerprint density at radius 2 is 1.85 bits per heavy atom. The number of amides is 1. The molecule has 0 aromatic carbocycles. The summed E-state index contributed by atoms with van der Waals surface area (Å²) < 4.78 is 0. The lowest BCUT2D eigenvalue weighted by atomic mass is 9.28. The minimum absolute atomic E-state index is 0.196. The lowest BCUT2D eigenvalue weighted by molar-refractivity contribution is -0.117. The number of aromatic amines is 1. The Hall–Kier alpha value is -2.61. The van der Waals surface area contributed by atoms with Gasteiger partial charge in [0.1, 0.15) is 36.5 Å². The summed E-state index contributed by atoms with van der Waals surface area (Å²) in [5.74, 6) is 0.571. The van der Waals surface area contributed by atoms with Gasteiger partial charge in [0.05, 0.1) is 12.4 Å². The monoisotopic (exact) mass is 377 g/mol. The zero-order chi connectivity index (χ0) is 19.7. The molecule has 0 spiro atoms. The Morgan fingerprint density at radius 1 is 1.07 bits per heavy atom. The summed E-state index contributed by atoms with van der Waals surface area (Å²) in [6.45, 7) is 0. The Labute approximate surface area is 165 Å². The van der Waals surface area contributed by atoms with Crippen molar-refractivity contribution < 1.29 is 4.79 Å². The van der Waals surface area contributed by atoms with Gasteiger partial charge in [0.25, 0.3) is 0 Å². The van der Waals surface area contributed by atoms with Gasteiger partial charge in [-0.05, 0) is 22.9 Å². The number of carbonyl (C=O) groups is 1. The highest BCUT2D eigenvalue weighted by Crippen LogP contribution is 2.38. The zero-order valence-electron chi connectivity index (χ0n) is 15.5. The number of halogens is 1. The lowest BCUT2D eigenvalue weighted by Gasteiger charge is -2.41. The van der Waals surface area contributed by atoms with Crippen molar-refractivity contribution in [1.29, 1.82) is 0 Å². The van der Waals surface area contributed by atoms with E-state index in [1.807, 2.05) is 37.5 Å². The highest BCUT2D eigenvalue weighted by atomic mass is 35.5. The van der Waals surface area contributed by atoms with E-state index in [-0.39, 0.29) is 11.9 Å².